The van der Waals surface area contributed by atoms with Gasteiger partial charge < -0.3 is 0 Å². The van der Waals surface area contributed by atoms with Crippen LogP contribution in [0.3, 0.4) is 0 Å². The van der Waals surface area contributed by atoms with E-state index < -0.39 is 0 Å². The second kappa shape index (κ2) is 5.85. The highest BCUT2D eigenvalue weighted by molar-refractivity contribution is 5.75. The molecule has 0 fully saturated rings. The normalized spacial score (nSPS) is 11.8. The molecule has 0 aromatic heterocycles. The quantitative estimate of drug-likeness (QED) is 0.430. The fourth-order valence-electron chi connectivity index (χ4n) is 1.26. The van der Waals surface area contributed by atoms with Crippen LogP contribution >= 0.6 is 0 Å². The van der Waals surface area contributed by atoms with E-state index in [2.05, 4.69) is 35.9 Å². The van der Waals surface area contributed by atoms with E-state index in [1.165, 1.54) is 5.57 Å². The first kappa shape index (κ1) is 12.2. The van der Waals surface area contributed by atoms with Gasteiger partial charge in [-0.3, -0.25) is 5.01 Å². The van der Waals surface area contributed by atoms with Gasteiger partial charge >= 0.3 is 0 Å². The van der Waals surface area contributed by atoms with Gasteiger partial charge in [-0.25, -0.2) is 4.99 Å². The Kier molecular flexibility index (Phi) is 4.45. The minimum absolute atomic E-state index is 0.939. The van der Waals surface area contributed by atoms with Crippen molar-refractivity contribution < 1.29 is 0 Å². The standard InChI is InChI=1S/C13H17N3/c1-5-11(2)12-8-6-7-9-13(12)15-10-16(4)14-3/h5-10H,3H2,1-2,4H3. The van der Waals surface area contributed by atoms with Gasteiger partial charge in [0.15, 0.2) is 0 Å². The second-order valence-corrected chi connectivity index (χ2v) is 3.45. The van der Waals surface area contributed by atoms with Crippen LogP contribution in [0.5, 0.6) is 0 Å². The van der Waals surface area contributed by atoms with E-state index in [9.17, 15) is 0 Å². The summed E-state index contributed by atoms with van der Waals surface area (Å²) >= 11 is 0. The van der Waals surface area contributed by atoms with E-state index in [1.807, 2.05) is 25.1 Å². The van der Waals surface area contributed by atoms with Gasteiger partial charge in [0.05, 0.1) is 5.69 Å². The molecule has 0 saturated heterocycles. The van der Waals surface area contributed by atoms with Crippen molar-refractivity contribution in [2.75, 3.05) is 7.05 Å². The first-order chi connectivity index (χ1) is 7.69. The molecule has 0 spiro atoms. The Morgan fingerprint density at radius 3 is 2.69 bits per heavy atom. The van der Waals surface area contributed by atoms with E-state index >= 15 is 0 Å². The topological polar surface area (TPSA) is 28.0 Å². The number of hydrazone groups is 1. The molecule has 3 heteroatoms. The summed E-state index contributed by atoms with van der Waals surface area (Å²) in [6.45, 7) is 7.51. The molecule has 0 aliphatic carbocycles. The zero-order valence-corrected chi connectivity index (χ0v) is 10.0. The highest BCUT2D eigenvalue weighted by atomic mass is 15.4. The second-order valence-electron chi connectivity index (χ2n) is 3.45. The van der Waals surface area contributed by atoms with Gasteiger partial charge in [0.1, 0.15) is 6.34 Å². The smallest absolute Gasteiger partial charge is 0.112 e. The Hall–Kier alpha value is -1.90. The van der Waals surface area contributed by atoms with Crippen LogP contribution in [0.2, 0.25) is 0 Å². The first-order valence-electron chi connectivity index (χ1n) is 5.15. The molecule has 0 bridgehead atoms. The van der Waals surface area contributed by atoms with Crippen LogP contribution in [0.4, 0.5) is 5.69 Å². The largest absolute Gasteiger partial charge is 0.258 e. The molecule has 1 rings (SSSR count). The van der Waals surface area contributed by atoms with Crippen LogP contribution < -0.4 is 0 Å². The molecule has 0 N–H and O–H groups in total. The van der Waals surface area contributed by atoms with Crippen molar-refractivity contribution >= 4 is 24.3 Å². The van der Waals surface area contributed by atoms with Crippen molar-refractivity contribution in [3.8, 4) is 0 Å². The first-order valence-corrected chi connectivity index (χ1v) is 5.15. The molecule has 0 aliphatic heterocycles. The Labute approximate surface area is 96.8 Å². The molecule has 0 amide bonds. The third-order valence-electron chi connectivity index (χ3n) is 2.35. The summed E-state index contributed by atoms with van der Waals surface area (Å²) < 4.78 is 0. The number of allylic oxidation sites excluding steroid dienone is 2. The van der Waals surface area contributed by atoms with E-state index in [4.69, 9.17) is 0 Å². The van der Waals surface area contributed by atoms with Crippen molar-refractivity contribution in [1.82, 2.24) is 5.01 Å². The van der Waals surface area contributed by atoms with Crippen LogP contribution in [0.15, 0.2) is 40.4 Å². The maximum Gasteiger partial charge on any atom is 0.112 e. The van der Waals surface area contributed by atoms with Crippen LogP contribution in [0.25, 0.3) is 5.57 Å². The molecule has 84 valence electrons. The van der Waals surface area contributed by atoms with E-state index in [1.54, 1.807) is 18.4 Å². The summed E-state index contributed by atoms with van der Waals surface area (Å²) in [5, 5.41) is 5.29. The molecule has 0 atom stereocenters. The maximum atomic E-state index is 4.37. The van der Waals surface area contributed by atoms with Crippen molar-refractivity contribution in [3.05, 3.63) is 35.9 Å². The predicted molar refractivity (Wildman–Crippen MR) is 71.2 cm³/mol. The summed E-state index contributed by atoms with van der Waals surface area (Å²) in [6, 6.07) is 8.02. The molecule has 0 unspecified atom stereocenters. The third kappa shape index (κ3) is 3.05. The van der Waals surface area contributed by atoms with Crippen LogP contribution in [-0.2, 0) is 0 Å². The molecular weight excluding hydrogens is 198 g/mol. The molecule has 3 nitrogen and oxygen atoms in total. The third-order valence-corrected chi connectivity index (χ3v) is 2.35. The van der Waals surface area contributed by atoms with Gasteiger partial charge in [-0.15, -0.1) is 0 Å². The van der Waals surface area contributed by atoms with Crippen molar-refractivity contribution in [2.45, 2.75) is 13.8 Å². The summed E-state index contributed by atoms with van der Waals surface area (Å²) in [4.78, 5) is 4.37. The number of hydrogen-bond acceptors (Lipinski definition) is 2. The number of benzene rings is 1. The van der Waals surface area contributed by atoms with Gasteiger partial charge in [0, 0.05) is 19.3 Å². The molecule has 0 saturated carbocycles. The Morgan fingerprint density at radius 2 is 2.06 bits per heavy atom. The molecule has 1 aromatic carbocycles. The molecular formula is C13H17N3. The van der Waals surface area contributed by atoms with Crippen LogP contribution in [0.1, 0.15) is 19.4 Å². The lowest BCUT2D eigenvalue weighted by molar-refractivity contribution is 0.567. The fourth-order valence-corrected chi connectivity index (χ4v) is 1.26. The zero-order chi connectivity index (χ0) is 12.0. The lowest BCUT2D eigenvalue weighted by Crippen LogP contribution is -2.05. The lowest BCUT2D eigenvalue weighted by Gasteiger charge is -2.07. The molecule has 1 aromatic rings. The SMILES string of the molecule is C=NN(C)C=Nc1ccccc1C(C)=CC. The Bertz CT molecular complexity index is 419. The lowest BCUT2D eigenvalue weighted by atomic mass is 10.1. The van der Waals surface area contributed by atoms with Crippen LogP contribution in [-0.4, -0.2) is 25.1 Å². The number of para-hydroxylation sites is 1. The van der Waals surface area contributed by atoms with Gasteiger partial charge in [-0.2, -0.15) is 5.10 Å². The Balaban J connectivity index is 3.04. The van der Waals surface area contributed by atoms with Crippen molar-refractivity contribution in [3.63, 3.8) is 0 Å². The average molecular weight is 215 g/mol. The molecule has 0 aliphatic rings. The van der Waals surface area contributed by atoms with Gasteiger partial charge in [-0.05, 0) is 25.5 Å². The van der Waals surface area contributed by atoms with Crippen molar-refractivity contribution in [1.29, 1.82) is 0 Å². The van der Waals surface area contributed by atoms with Crippen LogP contribution in [0, 0.1) is 0 Å². The fraction of sp³-hybridized carbons (Fsp3) is 0.231. The van der Waals surface area contributed by atoms with E-state index in [0.717, 1.165) is 11.3 Å². The van der Waals surface area contributed by atoms with Gasteiger partial charge in [0.25, 0.3) is 0 Å². The number of aliphatic imine (C=N–C) groups is 1. The van der Waals surface area contributed by atoms with E-state index in [0.29, 0.717) is 0 Å². The minimum Gasteiger partial charge on any atom is -0.258 e. The summed E-state index contributed by atoms with van der Waals surface area (Å²) in [5.74, 6) is 0. The van der Waals surface area contributed by atoms with Gasteiger partial charge in [0.2, 0.25) is 0 Å². The van der Waals surface area contributed by atoms with Crippen molar-refractivity contribution in [2.24, 2.45) is 10.1 Å². The predicted octanol–water partition coefficient (Wildman–Crippen LogP) is 3.32. The monoisotopic (exact) mass is 215 g/mol. The summed E-state index contributed by atoms with van der Waals surface area (Å²) in [6.07, 6.45) is 3.72. The van der Waals surface area contributed by atoms with Gasteiger partial charge in [-0.1, -0.05) is 24.3 Å². The maximum absolute atomic E-state index is 4.37. The zero-order valence-electron chi connectivity index (χ0n) is 10.0. The highest BCUT2D eigenvalue weighted by Crippen LogP contribution is 2.25. The Morgan fingerprint density at radius 1 is 1.38 bits per heavy atom. The summed E-state index contributed by atoms with van der Waals surface area (Å²) in [5.41, 5.74) is 3.29. The average Bonchev–Trinajstić information content (AvgIpc) is 2.35. The molecule has 0 radical (unpaired) electrons. The number of rotatable bonds is 4. The number of hydrogen-bond donors (Lipinski definition) is 0. The molecule has 0 heterocycles. The highest BCUT2D eigenvalue weighted by Gasteiger charge is 2.00. The minimum atomic E-state index is 0.939. The molecule has 16 heavy (non-hydrogen) atoms. The van der Waals surface area contributed by atoms with E-state index in [-0.39, 0.29) is 0 Å². The number of nitrogens with zero attached hydrogens (tertiary/aromatic N) is 3. The summed E-state index contributed by atoms with van der Waals surface area (Å²) in [7, 11) is 1.79.